The van der Waals surface area contributed by atoms with E-state index in [4.69, 9.17) is 9.47 Å². The lowest BCUT2D eigenvalue weighted by atomic mass is 10.1. The van der Waals surface area contributed by atoms with Gasteiger partial charge in [-0.2, -0.15) is 4.98 Å². The van der Waals surface area contributed by atoms with Crippen molar-refractivity contribution in [2.45, 2.75) is 6.92 Å². The summed E-state index contributed by atoms with van der Waals surface area (Å²) in [5.74, 6) is 0.289. The number of carbonyl (C=O) groups excluding carboxylic acids is 1. The fourth-order valence-electron chi connectivity index (χ4n) is 1.77. The minimum atomic E-state index is -0.125. The molecule has 0 fully saturated rings. The Hall–Kier alpha value is -2.63. The van der Waals surface area contributed by atoms with Crippen LogP contribution >= 0.6 is 0 Å². The minimum absolute atomic E-state index is 0.125. The van der Waals surface area contributed by atoms with Crippen molar-refractivity contribution in [3.8, 4) is 23.0 Å². The van der Waals surface area contributed by atoms with E-state index < -0.39 is 0 Å². The van der Waals surface area contributed by atoms with Gasteiger partial charge in [-0.3, -0.25) is 4.79 Å². The summed E-state index contributed by atoms with van der Waals surface area (Å²) in [7, 11) is 3.02. The smallest absolute Gasteiger partial charge is 0.319 e. The Morgan fingerprint density at radius 2 is 2.05 bits per heavy atom. The van der Waals surface area contributed by atoms with Crippen LogP contribution in [-0.4, -0.2) is 30.1 Å². The number of rotatable bonds is 4. The van der Waals surface area contributed by atoms with Crippen LogP contribution in [0.2, 0.25) is 0 Å². The average Bonchev–Trinajstić information content (AvgIpc) is 2.46. The number of hydrogen-bond donors (Lipinski definition) is 1. The van der Waals surface area contributed by atoms with Crippen molar-refractivity contribution in [3.63, 3.8) is 0 Å². The van der Waals surface area contributed by atoms with Gasteiger partial charge in [-0.1, -0.05) is 12.1 Å². The topological polar surface area (TPSA) is 73.3 Å². The zero-order chi connectivity index (χ0) is 14.5. The number of benzene rings is 1. The molecule has 2 aromatic rings. The lowest BCUT2D eigenvalue weighted by molar-refractivity contribution is -0.114. The molecule has 1 amide bonds. The molecule has 6 heteroatoms. The number of methoxy groups -OCH3 is 2. The third-order valence-corrected chi connectivity index (χ3v) is 2.60. The van der Waals surface area contributed by atoms with Gasteiger partial charge < -0.3 is 14.8 Å². The molecule has 0 unspecified atom stereocenters. The highest BCUT2D eigenvalue weighted by Crippen LogP contribution is 2.30. The van der Waals surface area contributed by atoms with Gasteiger partial charge in [0, 0.05) is 18.8 Å². The first kappa shape index (κ1) is 13.8. The predicted octanol–water partition coefficient (Wildman–Crippen LogP) is 2.12. The van der Waals surface area contributed by atoms with Crippen molar-refractivity contribution in [1.82, 2.24) is 9.97 Å². The number of anilines is 1. The summed E-state index contributed by atoms with van der Waals surface area (Å²) in [6.45, 7) is 1.46. The molecular formula is C14H15N3O3. The van der Waals surface area contributed by atoms with Crippen molar-refractivity contribution in [3.05, 3.63) is 30.5 Å². The highest BCUT2D eigenvalue weighted by atomic mass is 16.5. The summed E-state index contributed by atoms with van der Waals surface area (Å²) in [5.41, 5.74) is 2.27. The zero-order valence-electron chi connectivity index (χ0n) is 11.5. The van der Waals surface area contributed by atoms with Crippen molar-refractivity contribution in [2.24, 2.45) is 0 Å². The van der Waals surface area contributed by atoms with Crippen molar-refractivity contribution < 1.29 is 14.3 Å². The molecule has 0 bridgehead atoms. The summed E-state index contributed by atoms with van der Waals surface area (Å²) in [6.07, 6.45) is 1.62. The lowest BCUT2D eigenvalue weighted by Gasteiger charge is -2.09. The van der Waals surface area contributed by atoms with Crippen LogP contribution in [0.5, 0.6) is 11.9 Å². The molecule has 0 aliphatic rings. The molecule has 0 aliphatic carbocycles. The van der Waals surface area contributed by atoms with Crippen LogP contribution in [-0.2, 0) is 4.79 Å². The molecule has 104 valence electrons. The fourth-order valence-corrected chi connectivity index (χ4v) is 1.77. The Bertz CT molecular complexity index is 629. The Morgan fingerprint density at radius 1 is 1.25 bits per heavy atom. The molecule has 1 aromatic heterocycles. The van der Waals surface area contributed by atoms with Crippen LogP contribution in [0.25, 0.3) is 11.1 Å². The lowest BCUT2D eigenvalue weighted by Crippen LogP contribution is -2.05. The zero-order valence-corrected chi connectivity index (χ0v) is 11.5. The second kappa shape index (κ2) is 6.01. The van der Waals surface area contributed by atoms with E-state index in [1.807, 2.05) is 24.3 Å². The van der Waals surface area contributed by atoms with Crippen LogP contribution < -0.4 is 14.8 Å². The van der Waals surface area contributed by atoms with Crippen LogP contribution in [0.3, 0.4) is 0 Å². The third-order valence-electron chi connectivity index (χ3n) is 2.60. The molecule has 2 rings (SSSR count). The monoisotopic (exact) mass is 273 g/mol. The molecule has 0 spiro atoms. The second-order valence-corrected chi connectivity index (χ2v) is 4.04. The van der Waals surface area contributed by atoms with E-state index >= 15 is 0 Å². The summed E-state index contributed by atoms with van der Waals surface area (Å²) in [6, 6.07) is 7.60. The third kappa shape index (κ3) is 3.03. The standard InChI is InChI=1S/C14H15N3O3/c1-9(18)16-11-6-4-5-10(7-11)12-8-15-14(20-3)17-13(12)19-2/h4-8H,1-3H3,(H,16,18). The molecule has 0 saturated carbocycles. The SMILES string of the molecule is COc1ncc(-c2cccc(NC(C)=O)c2)c(OC)n1. The maximum atomic E-state index is 11.1. The predicted molar refractivity (Wildman–Crippen MR) is 74.9 cm³/mol. The van der Waals surface area contributed by atoms with Crippen molar-refractivity contribution in [2.75, 3.05) is 19.5 Å². The van der Waals surface area contributed by atoms with Gasteiger partial charge in [0.2, 0.25) is 11.8 Å². The van der Waals surface area contributed by atoms with E-state index in [0.29, 0.717) is 11.6 Å². The summed E-state index contributed by atoms with van der Waals surface area (Å²) in [4.78, 5) is 19.3. The normalized spacial score (nSPS) is 9.95. The van der Waals surface area contributed by atoms with Crippen molar-refractivity contribution in [1.29, 1.82) is 0 Å². The fraction of sp³-hybridized carbons (Fsp3) is 0.214. The maximum absolute atomic E-state index is 11.1. The number of ether oxygens (including phenoxy) is 2. The van der Waals surface area contributed by atoms with E-state index in [-0.39, 0.29) is 11.9 Å². The molecule has 0 atom stereocenters. The van der Waals surface area contributed by atoms with Crippen molar-refractivity contribution >= 4 is 11.6 Å². The number of aromatic nitrogens is 2. The summed E-state index contributed by atoms with van der Waals surface area (Å²) in [5, 5.41) is 2.73. The highest BCUT2D eigenvalue weighted by Gasteiger charge is 2.11. The largest absolute Gasteiger partial charge is 0.480 e. The van der Waals surface area contributed by atoms with Gasteiger partial charge in [0.25, 0.3) is 0 Å². The molecule has 6 nitrogen and oxygen atoms in total. The van der Waals surface area contributed by atoms with Gasteiger partial charge in [-0.25, -0.2) is 4.98 Å². The molecular weight excluding hydrogens is 258 g/mol. The number of nitrogens with one attached hydrogen (secondary N) is 1. The first-order valence-corrected chi connectivity index (χ1v) is 5.97. The van der Waals surface area contributed by atoms with Crippen LogP contribution in [0.4, 0.5) is 5.69 Å². The van der Waals surface area contributed by atoms with Crippen LogP contribution in [0.1, 0.15) is 6.92 Å². The first-order valence-electron chi connectivity index (χ1n) is 5.97. The van der Waals surface area contributed by atoms with Gasteiger partial charge in [0.15, 0.2) is 0 Å². The molecule has 0 radical (unpaired) electrons. The molecule has 0 aliphatic heterocycles. The number of carbonyl (C=O) groups is 1. The highest BCUT2D eigenvalue weighted by molar-refractivity contribution is 5.89. The summed E-state index contributed by atoms with van der Waals surface area (Å²) < 4.78 is 10.2. The Morgan fingerprint density at radius 3 is 2.70 bits per heavy atom. The second-order valence-electron chi connectivity index (χ2n) is 4.04. The van der Waals surface area contributed by atoms with Gasteiger partial charge in [0.1, 0.15) is 0 Å². The number of amides is 1. The Kier molecular flexibility index (Phi) is 4.14. The van der Waals surface area contributed by atoms with Gasteiger partial charge in [0.05, 0.1) is 19.8 Å². The Labute approximate surface area is 116 Å². The summed E-state index contributed by atoms with van der Waals surface area (Å²) >= 11 is 0. The molecule has 1 N–H and O–H groups in total. The van der Waals surface area contributed by atoms with Crippen LogP contribution in [0.15, 0.2) is 30.5 Å². The van der Waals surface area contributed by atoms with Gasteiger partial charge >= 0.3 is 6.01 Å². The molecule has 1 aromatic carbocycles. The van der Waals surface area contributed by atoms with Gasteiger partial charge in [-0.05, 0) is 17.7 Å². The van der Waals surface area contributed by atoms with E-state index in [9.17, 15) is 4.79 Å². The molecule has 1 heterocycles. The van der Waals surface area contributed by atoms with Gasteiger partial charge in [-0.15, -0.1) is 0 Å². The number of nitrogens with zero attached hydrogens (tertiary/aromatic N) is 2. The van der Waals surface area contributed by atoms with Crippen LogP contribution in [0, 0.1) is 0 Å². The van der Waals surface area contributed by atoms with E-state index in [1.165, 1.54) is 21.1 Å². The van der Waals surface area contributed by atoms with E-state index in [0.717, 1.165) is 11.1 Å². The number of hydrogen-bond acceptors (Lipinski definition) is 5. The quantitative estimate of drug-likeness (QED) is 0.923. The maximum Gasteiger partial charge on any atom is 0.319 e. The minimum Gasteiger partial charge on any atom is -0.480 e. The average molecular weight is 273 g/mol. The Balaban J connectivity index is 2.42. The molecule has 0 saturated heterocycles. The first-order chi connectivity index (χ1) is 9.63. The van der Waals surface area contributed by atoms with E-state index in [1.54, 1.807) is 6.20 Å². The van der Waals surface area contributed by atoms with E-state index in [2.05, 4.69) is 15.3 Å². The molecule has 20 heavy (non-hydrogen) atoms.